The number of aliphatic imine (C=N–C) groups is 2. The largest absolute Gasteiger partial charge is 0.481 e. The predicted molar refractivity (Wildman–Crippen MR) is 371 cm³/mol. The first kappa shape index (κ1) is 86.1. The number of carboxylic acids is 2. The first-order valence-corrected chi connectivity index (χ1v) is 34.2. The van der Waals surface area contributed by atoms with E-state index in [-0.39, 0.29) is 141 Å². The van der Waals surface area contributed by atoms with Gasteiger partial charge in [0.05, 0.1) is 25.7 Å². The quantitative estimate of drug-likeness (QED) is 0.0166. The van der Waals surface area contributed by atoms with Crippen molar-refractivity contribution < 1.29 is 72.5 Å². The molecule has 1 fully saturated rings. The second kappa shape index (κ2) is 47.1. The average molecular weight is 1440 g/mol. The minimum Gasteiger partial charge on any atom is -0.481 e. The number of aliphatic carboxylic acids is 2. The summed E-state index contributed by atoms with van der Waals surface area (Å²) in [5.41, 5.74) is 45.3. The summed E-state index contributed by atoms with van der Waals surface area (Å²) in [5, 5.41) is 45.6. The van der Waals surface area contributed by atoms with Gasteiger partial charge < -0.3 is 124 Å². The summed E-state index contributed by atoms with van der Waals surface area (Å²) in [6.07, 6.45) is 6.65. The molecule has 102 heavy (non-hydrogen) atoms. The third kappa shape index (κ3) is 32.9. The van der Waals surface area contributed by atoms with E-state index < -0.39 is 157 Å². The molecule has 0 radical (unpaired) electrons. The maximum Gasteiger partial charge on any atom is 0.326 e. The van der Waals surface area contributed by atoms with Gasteiger partial charge in [0.15, 0.2) is 11.9 Å². The lowest BCUT2D eigenvalue weighted by Crippen LogP contribution is -2.60. The molecule has 0 bridgehead atoms. The molecule has 2 aromatic heterocycles. The molecule has 40 heteroatoms. The van der Waals surface area contributed by atoms with E-state index in [1.54, 1.807) is 13.8 Å². The number of carboxylic acid groups (broad SMARTS) is 2. The van der Waals surface area contributed by atoms with E-state index in [2.05, 4.69) is 83.1 Å². The Balaban J connectivity index is 1.94. The second-order valence-electron chi connectivity index (χ2n) is 25.0. The van der Waals surface area contributed by atoms with Crippen LogP contribution in [0.2, 0.25) is 0 Å². The third-order valence-corrected chi connectivity index (χ3v) is 16.2. The van der Waals surface area contributed by atoms with Crippen LogP contribution in [0.4, 0.5) is 0 Å². The number of hydrogen-bond donors (Lipinski definition) is 22. The van der Waals surface area contributed by atoms with Crippen LogP contribution in [0.5, 0.6) is 0 Å². The minimum atomic E-state index is -1.68. The fraction of sp³-hybridized carbons (Fsp3) is 0.661. The number of aromatic nitrogens is 4. The van der Waals surface area contributed by atoms with Crippen molar-refractivity contribution in [2.75, 3.05) is 52.4 Å². The third-order valence-electron chi connectivity index (χ3n) is 16.2. The number of nitrogens with two attached hydrogens (primary N) is 8. The molecule has 570 valence electrons. The second-order valence-corrected chi connectivity index (χ2v) is 25.0. The van der Waals surface area contributed by atoms with Crippen LogP contribution in [0, 0.1) is 5.92 Å². The van der Waals surface area contributed by atoms with Crippen molar-refractivity contribution in [3.8, 4) is 0 Å². The van der Waals surface area contributed by atoms with Crippen molar-refractivity contribution >= 4 is 88.8 Å². The highest BCUT2D eigenvalue weighted by molar-refractivity contribution is 5.99. The highest BCUT2D eigenvalue weighted by atomic mass is 16.4. The van der Waals surface area contributed by atoms with Gasteiger partial charge in [0, 0.05) is 62.7 Å². The molecule has 3 rings (SSSR count). The van der Waals surface area contributed by atoms with Crippen LogP contribution in [0.25, 0.3) is 0 Å². The van der Waals surface area contributed by atoms with E-state index in [0.717, 1.165) is 0 Å². The minimum absolute atomic E-state index is 0.0157. The van der Waals surface area contributed by atoms with Gasteiger partial charge in [-0.2, -0.15) is 0 Å². The standard InChI is InChI=1S/C62H107N25O15/c1-35(2)26-44(86-58(99)47-17-11-25-87(47)59(100)46(28-37-31-72-34-77-37)79-49(89)32-75-51(92)38(12-3-6-20-63)78-48(88)29-66)56(97)85-45(27-36-30-71-33-76-36)57(98)82-39(13-4-7-21-64)52(93)81-41(15-9-23-73-61(67)68)53(94)83-42(18-19-50(90)91)55(96)80-40(14-5-8-22-65)54(95)84-43(60(101)102)16-10-24-74-62(69)70/h30-31,33-35,38-47H,3-29,32,63-66H2,1-2H3,(H,71,76)(H,72,77)(H,75,92)(H,78,88)(H,79,89)(H,80,96)(H,81,93)(H,82,98)(H,83,94)(H,84,95)(H,85,97)(H,86,99)(H,90,91)(H,101,102)(H4,67,68,73)(H4,69,70,74)/t38-,39-,40-,41-,42-,43-,44-,45-,46-,47-/m0/s1. The Kier molecular flexibility index (Phi) is 39.8. The van der Waals surface area contributed by atoms with Crippen molar-refractivity contribution in [2.45, 2.75) is 203 Å². The van der Waals surface area contributed by atoms with Gasteiger partial charge in [-0.25, -0.2) is 14.8 Å². The molecule has 0 aliphatic carbocycles. The van der Waals surface area contributed by atoms with Crippen LogP contribution < -0.4 is 99.0 Å². The number of imidazole rings is 2. The number of likely N-dealkylation sites (tertiary alicyclic amines) is 1. The lowest BCUT2D eigenvalue weighted by molar-refractivity contribution is -0.142. The number of nitrogens with one attached hydrogen (secondary N) is 12. The number of hydrogen-bond acceptors (Lipinski definition) is 21. The highest BCUT2D eigenvalue weighted by Gasteiger charge is 2.41. The number of carbonyl (C=O) groups excluding carboxylic acids is 11. The van der Waals surface area contributed by atoms with Crippen molar-refractivity contribution in [1.29, 1.82) is 0 Å². The van der Waals surface area contributed by atoms with Crippen molar-refractivity contribution in [2.24, 2.45) is 61.8 Å². The maximum atomic E-state index is 14.8. The normalized spacial score (nSPS) is 15.2. The summed E-state index contributed by atoms with van der Waals surface area (Å²) in [6.45, 7) is 3.35. The van der Waals surface area contributed by atoms with E-state index in [1.165, 1.54) is 29.9 Å². The van der Waals surface area contributed by atoms with E-state index >= 15 is 0 Å². The van der Waals surface area contributed by atoms with Crippen LogP contribution in [0.1, 0.15) is 141 Å². The monoisotopic (exact) mass is 1440 g/mol. The van der Waals surface area contributed by atoms with Gasteiger partial charge in [-0.3, -0.25) is 67.5 Å². The fourth-order valence-electron chi connectivity index (χ4n) is 10.9. The predicted octanol–water partition coefficient (Wildman–Crippen LogP) is -7.16. The molecule has 1 saturated heterocycles. The molecule has 0 aromatic carbocycles. The summed E-state index contributed by atoms with van der Waals surface area (Å²) in [5.74, 6) is -12.7. The van der Waals surface area contributed by atoms with Gasteiger partial charge in [0.2, 0.25) is 65.0 Å². The van der Waals surface area contributed by atoms with Gasteiger partial charge in [-0.15, -0.1) is 0 Å². The van der Waals surface area contributed by atoms with Gasteiger partial charge in [-0.1, -0.05) is 13.8 Å². The number of rotatable bonds is 51. The molecule has 0 unspecified atom stereocenters. The first-order chi connectivity index (χ1) is 48.6. The van der Waals surface area contributed by atoms with Gasteiger partial charge in [0.25, 0.3) is 0 Å². The molecule has 30 N–H and O–H groups in total. The topological polar surface area (TPSA) is 676 Å². The summed E-state index contributed by atoms with van der Waals surface area (Å²) < 4.78 is 0. The molecular formula is C62H107N25O15. The number of guanidine groups is 2. The van der Waals surface area contributed by atoms with Crippen molar-refractivity contribution in [3.05, 3.63) is 36.4 Å². The Hall–Kier alpha value is -10.1. The lowest BCUT2D eigenvalue weighted by Gasteiger charge is -2.30. The molecule has 40 nitrogen and oxygen atoms in total. The van der Waals surface area contributed by atoms with Crippen LogP contribution >= 0.6 is 0 Å². The molecule has 0 spiro atoms. The van der Waals surface area contributed by atoms with Crippen LogP contribution in [0.15, 0.2) is 35.0 Å². The van der Waals surface area contributed by atoms with Crippen LogP contribution in [0.3, 0.4) is 0 Å². The zero-order valence-corrected chi connectivity index (χ0v) is 58.0. The fourth-order valence-corrected chi connectivity index (χ4v) is 10.9. The Labute approximate surface area is 590 Å². The van der Waals surface area contributed by atoms with Crippen LogP contribution in [-0.2, 0) is 75.2 Å². The van der Waals surface area contributed by atoms with Gasteiger partial charge in [-0.05, 0) is 135 Å². The Bertz CT molecular complexity index is 3070. The summed E-state index contributed by atoms with van der Waals surface area (Å²) in [6, 6.07) is -13.9. The van der Waals surface area contributed by atoms with Crippen molar-refractivity contribution in [1.82, 2.24) is 78.0 Å². The molecule has 2 aromatic rings. The summed E-state index contributed by atoms with van der Waals surface area (Å²) in [4.78, 5) is 202. The van der Waals surface area contributed by atoms with Gasteiger partial charge in [0.1, 0.15) is 60.4 Å². The van der Waals surface area contributed by atoms with Crippen LogP contribution in [-0.4, -0.2) is 237 Å². The lowest BCUT2D eigenvalue weighted by atomic mass is 10.0. The number of H-pyrrole nitrogens is 2. The Morgan fingerprint density at radius 2 is 0.922 bits per heavy atom. The smallest absolute Gasteiger partial charge is 0.326 e. The van der Waals surface area contributed by atoms with Gasteiger partial charge >= 0.3 is 11.9 Å². The Morgan fingerprint density at radius 3 is 1.35 bits per heavy atom. The zero-order valence-electron chi connectivity index (χ0n) is 58.0. The molecule has 1 aliphatic heterocycles. The van der Waals surface area contributed by atoms with Crippen molar-refractivity contribution in [3.63, 3.8) is 0 Å². The number of aromatic amines is 2. The molecule has 1 aliphatic rings. The molecule has 10 atom stereocenters. The molecular weight excluding hydrogens is 1330 g/mol. The SMILES string of the molecule is CC(C)C[C@H](NC(=O)[C@@H]1CCCN1C(=O)[C@H](Cc1cnc[nH]1)NC(=O)CNC(=O)[C@H](CCCCN)NC(=O)CN)C(=O)N[C@@H](Cc1cnc[nH]1)C(=O)N[C@@H](CCCCN)C(=O)N[C@@H](CCCN=C(N)N)C(=O)N[C@@H](CCC(=O)O)C(=O)N[C@@H](CCCCN)C(=O)N[C@@H](CCCN=C(N)N)C(=O)O. The number of carbonyl (C=O) groups is 13. The van der Waals surface area contributed by atoms with E-state index in [9.17, 15) is 72.5 Å². The summed E-state index contributed by atoms with van der Waals surface area (Å²) in [7, 11) is 0. The summed E-state index contributed by atoms with van der Waals surface area (Å²) >= 11 is 0. The van der Waals surface area contributed by atoms with E-state index in [0.29, 0.717) is 50.0 Å². The average Bonchev–Trinajstić information content (AvgIpc) is 1.66. The molecule has 11 amide bonds. The maximum absolute atomic E-state index is 14.8. The Morgan fingerprint density at radius 1 is 0.510 bits per heavy atom. The van der Waals surface area contributed by atoms with E-state index in [1.807, 2.05) is 0 Å². The van der Waals surface area contributed by atoms with E-state index in [4.69, 9.17) is 45.9 Å². The number of nitrogens with zero attached hydrogens (tertiary/aromatic N) is 5. The number of unbranched alkanes of at least 4 members (excludes halogenated alkanes) is 3. The molecule has 0 saturated carbocycles. The number of amides is 11. The zero-order chi connectivity index (χ0) is 75.7. The highest BCUT2D eigenvalue weighted by Crippen LogP contribution is 2.21. The first-order valence-electron chi connectivity index (χ1n) is 34.2. The molecule has 3 heterocycles.